The average molecular weight is 417 g/mol. The van der Waals surface area contributed by atoms with Crippen LogP contribution in [0.4, 0.5) is 14.5 Å². The zero-order valence-corrected chi connectivity index (χ0v) is 16.0. The standard InChI is InChI=1S/C20H21F2N5O3/c21-19(22)18-15(8-27(26-18)14-3-1-12(9-28)2-4-14)16-7-13(5-6-23-16)25-20(29)17-10-30-11-24-17/h5-8,10-12,14,19,28H,1-4,9H2,(H,23,25,29). The highest BCUT2D eigenvalue weighted by Crippen LogP contribution is 2.36. The summed E-state index contributed by atoms with van der Waals surface area (Å²) < 4.78 is 33.7. The molecule has 0 aromatic carbocycles. The number of oxazole rings is 1. The van der Waals surface area contributed by atoms with Crippen molar-refractivity contribution in [2.75, 3.05) is 11.9 Å². The van der Waals surface area contributed by atoms with Crippen molar-refractivity contribution >= 4 is 11.6 Å². The summed E-state index contributed by atoms with van der Waals surface area (Å²) in [7, 11) is 0. The van der Waals surface area contributed by atoms with E-state index in [0.717, 1.165) is 32.1 Å². The molecule has 0 atom stereocenters. The van der Waals surface area contributed by atoms with Gasteiger partial charge < -0.3 is 14.8 Å². The molecular weight excluding hydrogens is 396 g/mol. The topological polar surface area (TPSA) is 106 Å². The Morgan fingerprint density at radius 2 is 2.10 bits per heavy atom. The van der Waals surface area contributed by atoms with Crippen molar-refractivity contribution in [2.45, 2.75) is 38.2 Å². The van der Waals surface area contributed by atoms with Crippen LogP contribution in [0.2, 0.25) is 0 Å². The quantitative estimate of drug-likeness (QED) is 0.631. The number of hydrogen-bond donors (Lipinski definition) is 2. The minimum Gasteiger partial charge on any atom is -0.451 e. The van der Waals surface area contributed by atoms with Crippen LogP contribution in [0.1, 0.15) is 54.3 Å². The molecule has 30 heavy (non-hydrogen) atoms. The van der Waals surface area contributed by atoms with E-state index in [2.05, 4.69) is 20.4 Å². The zero-order chi connectivity index (χ0) is 21.1. The third-order valence-corrected chi connectivity index (χ3v) is 5.37. The third kappa shape index (κ3) is 4.23. The van der Waals surface area contributed by atoms with E-state index >= 15 is 0 Å². The van der Waals surface area contributed by atoms with Gasteiger partial charge in [0.1, 0.15) is 12.0 Å². The van der Waals surface area contributed by atoms with Crippen LogP contribution in [0, 0.1) is 5.92 Å². The van der Waals surface area contributed by atoms with Gasteiger partial charge in [0.2, 0.25) is 0 Å². The SMILES string of the molecule is O=C(Nc1ccnc(-c2cn(C3CCC(CO)CC3)nc2C(F)F)c1)c1cocn1. The molecule has 1 aliphatic rings. The van der Waals surface area contributed by atoms with Crippen molar-refractivity contribution in [3.8, 4) is 11.3 Å². The predicted molar refractivity (Wildman–Crippen MR) is 103 cm³/mol. The summed E-state index contributed by atoms with van der Waals surface area (Å²) in [6.07, 6.45) is 5.84. The fraction of sp³-hybridized carbons (Fsp3) is 0.400. The number of hydrogen-bond acceptors (Lipinski definition) is 6. The first-order valence-electron chi connectivity index (χ1n) is 9.69. The Morgan fingerprint density at radius 3 is 2.77 bits per heavy atom. The summed E-state index contributed by atoms with van der Waals surface area (Å²) in [5.74, 6) is -0.219. The lowest BCUT2D eigenvalue weighted by Crippen LogP contribution is -2.20. The molecule has 0 unspecified atom stereocenters. The van der Waals surface area contributed by atoms with E-state index in [1.165, 1.54) is 18.5 Å². The summed E-state index contributed by atoms with van der Waals surface area (Å²) in [4.78, 5) is 20.1. The molecule has 8 nitrogen and oxygen atoms in total. The number of aromatic nitrogens is 4. The second kappa shape index (κ2) is 8.70. The number of halogens is 2. The van der Waals surface area contributed by atoms with E-state index in [9.17, 15) is 18.7 Å². The van der Waals surface area contributed by atoms with E-state index in [1.807, 2.05) is 0 Å². The molecule has 1 fully saturated rings. The van der Waals surface area contributed by atoms with Crippen molar-refractivity contribution in [3.63, 3.8) is 0 Å². The van der Waals surface area contributed by atoms with Gasteiger partial charge in [-0.05, 0) is 43.7 Å². The van der Waals surface area contributed by atoms with Crippen LogP contribution in [0.15, 0.2) is 41.6 Å². The number of nitrogens with one attached hydrogen (secondary N) is 1. The molecule has 1 aliphatic carbocycles. The maximum atomic E-state index is 13.7. The molecule has 10 heteroatoms. The van der Waals surface area contributed by atoms with Crippen LogP contribution < -0.4 is 5.32 Å². The number of carbonyl (C=O) groups is 1. The van der Waals surface area contributed by atoms with Crippen LogP contribution in [0.25, 0.3) is 11.3 Å². The largest absolute Gasteiger partial charge is 0.451 e. The van der Waals surface area contributed by atoms with Crippen LogP contribution in [0.5, 0.6) is 0 Å². The van der Waals surface area contributed by atoms with Gasteiger partial charge in [-0.25, -0.2) is 13.8 Å². The Hall–Kier alpha value is -3.14. The molecule has 0 saturated heterocycles. The highest BCUT2D eigenvalue weighted by Gasteiger charge is 2.26. The molecule has 0 aliphatic heterocycles. The second-order valence-electron chi connectivity index (χ2n) is 7.32. The number of amides is 1. The molecule has 1 amide bonds. The molecule has 2 N–H and O–H groups in total. The maximum absolute atomic E-state index is 13.7. The molecule has 3 aromatic heterocycles. The van der Waals surface area contributed by atoms with Crippen molar-refractivity contribution in [3.05, 3.63) is 48.6 Å². The zero-order valence-electron chi connectivity index (χ0n) is 16.0. The number of anilines is 1. The third-order valence-electron chi connectivity index (χ3n) is 5.37. The van der Waals surface area contributed by atoms with E-state index in [1.54, 1.807) is 16.9 Å². The Labute approximate surface area is 171 Å². The maximum Gasteiger partial charge on any atom is 0.282 e. The predicted octanol–water partition coefficient (Wildman–Crippen LogP) is 3.85. The second-order valence-corrected chi connectivity index (χ2v) is 7.32. The van der Waals surface area contributed by atoms with Gasteiger partial charge in [-0.2, -0.15) is 5.10 Å². The van der Waals surface area contributed by atoms with Crippen LogP contribution >= 0.6 is 0 Å². The van der Waals surface area contributed by atoms with Gasteiger partial charge in [-0.3, -0.25) is 14.5 Å². The molecule has 3 aromatic rings. The first-order chi connectivity index (χ1) is 14.5. The van der Waals surface area contributed by atoms with Gasteiger partial charge in [-0.15, -0.1) is 0 Å². The lowest BCUT2D eigenvalue weighted by Gasteiger charge is -2.27. The fourth-order valence-corrected chi connectivity index (χ4v) is 3.72. The number of pyridine rings is 1. The molecule has 0 radical (unpaired) electrons. The van der Waals surface area contributed by atoms with Gasteiger partial charge >= 0.3 is 0 Å². The first-order valence-corrected chi connectivity index (χ1v) is 9.69. The number of nitrogens with zero attached hydrogens (tertiary/aromatic N) is 4. The fourth-order valence-electron chi connectivity index (χ4n) is 3.72. The molecule has 158 valence electrons. The monoisotopic (exact) mass is 417 g/mol. The smallest absolute Gasteiger partial charge is 0.282 e. The number of aliphatic hydroxyl groups excluding tert-OH is 1. The molecule has 0 bridgehead atoms. The van der Waals surface area contributed by atoms with Gasteiger partial charge in [0.25, 0.3) is 12.3 Å². The van der Waals surface area contributed by atoms with E-state index in [4.69, 9.17) is 4.42 Å². The lowest BCUT2D eigenvalue weighted by atomic mass is 9.87. The van der Waals surface area contributed by atoms with E-state index in [0.29, 0.717) is 11.4 Å². The highest BCUT2D eigenvalue weighted by molar-refractivity contribution is 6.02. The van der Waals surface area contributed by atoms with Crippen molar-refractivity contribution in [1.29, 1.82) is 0 Å². The van der Waals surface area contributed by atoms with Crippen molar-refractivity contribution in [2.24, 2.45) is 5.92 Å². The van der Waals surface area contributed by atoms with Crippen LogP contribution in [-0.2, 0) is 0 Å². The molecule has 1 saturated carbocycles. The van der Waals surface area contributed by atoms with Crippen molar-refractivity contribution < 1.29 is 23.1 Å². The molecule has 4 rings (SSSR count). The summed E-state index contributed by atoms with van der Waals surface area (Å²) in [6, 6.07) is 3.09. The lowest BCUT2D eigenvalue weighted by molar-refractivity contribution is 0.102. The summed E-state index contributed by atoms with van der Waals surface area (Å²) >= 11 is 0. The Morgan fingerprint density at radius 1 is 1.30 bits per heavy atom. The Kier molecular flexibility index (Phi) is 5.84. The number of aliphatic hydroxyl groups is 1. The number of alkyl halides is 2. The van der Waals surface area contributed by atoms with Crippen LogP contribution in [0.3, 0.4) is 0 Å². The van der Waals surface area contributed by atoms with Gasteiger partial charge in [-0.1, -0.05) is 0 Å². The Balaban J connectivity index is 1.58. The minimum atomic E-state index is -2.76. The summed E-state index contributed by atoms with van der Waals surface area (Å²) in [5.41, 5.74) is 0.675. The minimum absolute atomic E-state index is 0.00843. The Bertz CT molecular complexity index is 998. The van der Waals surface area contributed by atoms with Crippen molar-refractivity contribution in [1.82, 2.24) is 19.7 Å². The first kappa shape index (κ1) is 20.1. The highest BCUT2D eigenvalue weighted by atomic mass is 19.3. The van der Waals surface area contributed by atoms with Crippen LogP contribution in [-0.4, -0.2) is 37.4 Å². The van der Waals surface area contributed by atoms with E-state index in [-0.39, 0.29) is 35.5 Å². The molecule has 0 spiro atoms. The summed E-state index contributed by atoms with van der Waals surface area (Å²) in [6.45, 7) is 0.149. The summed E-state index contributed by atoms with van der Waals surface area (Å²) in [5, 5.41) is 16.1. The average Bonchev–Trinajstić information content (AvgIpc) is 3.44. The number of carbonyl (C=O) groups excluding carboxylic acids is 1. The van der Waals surface area contributed by atoms with Gasteiger partial charge in [0.15, 0.2) is 12.1 Å². The van der Waals surface area contributed by atoms with Gasteiger partial charge in [0.05, 0.1) is 11.7 Å². The normalized spacial score (nSPS) is 19.2. The van der Waals surface area contributed by atoms with E-state index < -0.39 is 12.3 Å². The molecule has 3 heterocycles. The number of rotatable bonds is 6. The molecular formula is C20H21F2N5O3. The van der Waals surface area contributed by atoms with Gasteiger partial charge in [0, 0.05) is 30.3 Å².